The standard InChI is InChI=1S/C18H23N3O3/c1-2-23-18(22)14-7-5-9-19-17(14)20-13-15(16-8-6-12-24-16)21-10-3-4-11-21/h5-9,12,15H,2-4,10-11,13H2,1H3,(H,19,20)/t15-/m1/s1. The number of carbonyl (C=O) groups is 1. The molecule has 0 spiro atoms. The molecule has 24 heavy (non-hydrogen) atoms. The molecule has 0 unspecified atom stereocenters. The summed E-state index contributed by atoms with van der Waals surface area (Å²) in [6, 6.07) is 7.49. The van der Waals surface area contributed by atoms with Crippen molar-refractivity contribution in [1.29, 1.82) is 0 Å². The summed E-state index contributed by atoms with van der Waals surface area (Å²) in [5.41, 5.74) is 0.457. The molecule has 0 aliphatic carbocycles. The third-order valence-electron chi connectivity index (χ3n) is 4.22. The molecule has 6 heteroatoms. The van der Waals surface area contributed by atoms with Gasteiger partial charge in [0.05, 0.1) is 18.9 Å². The lowest BCUT2D eigenvalue weighted by Crippen LogP contribution is -2.31. The number of furan rings is 1. The highest BCUT2D eigenvalue weighted by atomic mass is 16.5. The highest BCUT2D eigenvalue weighted by molar-refractivity contribution is 5.94. The lowest BCUT2D eigenvalue weighted by Gasteiger charge is -2.26. The van der Waals surface area contributed by atoms with E-state index in [2.05, 4.69) is 15.2 Å². The van der Waals surface area contributed by atoms with Gasteiger partial charge in [0, 0.05) is 12.7 Å². The van der Waals surface area contributed by atoms with Gasteiger partial charge in [-0.15, -0.1) is 0 Å². The number of nitrogens with zero attached hydrogens (tertiary/aromatic N) is 2. The molecule has 1 saturated heterocycles. The van der Waals surface area contributed by atoms with E-state index in [4.69, 9.17) is 9.15 Å². The summed E-state index contributed by atoms with van der Waals surface area (Å²) >= 11 is 0. The first-order valence-corrected chi connectivity index (χ1v) is 8.43. The predicted octanol–water partition coefficient (Wildman–Crippen LogP) is 3.10. The molecule has 1 fully saturated rings. The molecule has 0 aromatic carbocycles. The highest BCUT2D eigenvalue weighted by Crippen LogP contribution is 2.26. The summed E-state index contributed by atoms with van der Waals surface area (Å²) < 4.78 is 10.7. The minimum atomic E-state index is -0.358. The largest absolute Gasteiger partial charge is 0.468 e. The second kappa shape index (κ2) is 7.97. The third kappa shape index (κ3) is 3.76. The number of nitrogens with one attached hydrogen (secondary N) is 1. The van der Waals surface area contributed by atoms with Gasteiger partial charge < -0.3 is 14.5 Å². The number of pyridine rings is 1. The van der Waals surface area contributed by atoms with Crippen LogP contribution in [0.5, 0.6) is 0 Å². The van der Waals surface area contributed by atoms with Crippen LogP contribution in [0.2, 0.25) is 0 Å². The van der Waals surface area contributed by atoms with E-state index in [0.717, 1.165) is 18.8 Å². The first-order chi connectivity index (χ1) is 11.8. The van der Waals surface area contributed by atoms with E-state index in [9.17, 15) is 4.79 Å². The minimum absolute atomic E-state index is 0.125. The average Bonchev–Trinajstić information content (AvgIpc) is 3.30. The Labute approximate surface area is 141 Å². The Balaban J connectivity index is 1.74. The zero-order chi connectivity index (χ0) is 16.8. The second-order valence-corrected chi connectivity index (χ2v) is 5.78. The number of carbonyl (C=O) groups excluding carboxylic acids is 1. The first-order valence-electron chi connectivity index (χ1n) is 8.43. The van der Waals surface area contributed by atoms with Crippen LogP contribution in [0.15, 0.2) is 41.1 Å². The number of aromatic nitrogens is 1. The molecule has 0 bridgehead atoms. The number of rotatable bonds is 7. The minimum Gasteiger partial charge on any atom is -0.468 e. The lowest BCUT2D eigenvalue weighted by atomic mass is 10.2. The van der Waals surface area contributed by atoms with Crippen molar-refractivity contribution >= 4 is 11.8 Å². The molecule has 0 amide bonds. The monoisotopic (exact) mass is 329 g/mol. The van der Waals surface area contributed by atoms with Crippen LogP contribution in [0.1, 0.15) is 41.9 Å². The topological polar surface area (TPSA) is 67.6 Å². The van der Waals surface area contributed by atoms with Crippen molar-refractivity contribution in [2.24, 2.45) is 0 Å². The Morgan fingerprint density at radius 1 is 1.38 bits per heavy atom. The number of hydrogen-bond acceptors (Lipinski definition) is 6. The fraction of sp³-hybridized carbons (Fsp3) is 0.444. The molecule has 2 aromatic rings. The molecule has 3 rings (SSSR count). The van der Waals surface area contributed by atoms with E-state index in [1.165, 1.54) is 12.8 Å². The Morgan fingerprint density at radius 3 is 2.92 bits per heavy atom. The molecule has 0 saturated carbocycles. The molecule has 6 nitrogen and oxygen atoms in total. The van der Waals surface area contributed by atoms with Crippen LogP contribution >= 0.6 is 0 Å². The molecular weight excluding hydrogens is 306 g/mol. The number of likely N-dealkylation sites (tertiary alicyclic amines) is 1. The molecule has 128 valence electrons. The molecule has 1 atom stereocenters. The Hall–Kier alpha value is -2.34. The van der Waals surface area contributed by atoms with Crippen molar-refractivity contribution in [1.82, 2.24) is 9.88 Å². The van der Waals surface area contributed by atoms with Crippen molar-refractivity contribution in [3.05, 3.63) is 48.0 Å². The SMILES string of the molecule is CCOC(=O)c1cccnc1NC[C@H](c1ccco1)N1CCCC1. The fourth-order valence-corrected chi connectivity index (χ4v) is 3.06. The number of esters is 1. The maximum Gasteiger partial charge on any atom is 0.341 e. The van der Waals surface area contributed by atoms with Crippen molar-refractivity contribution < 1.29 is 13.9 Å². The molecule has 1 aliphatic rings. The van der Waals surface area contributed by atoms with Crippen LogP contribution in [0.4, 0.5) is 5.82 Å². The fourth-order valence-electron chi connectivity index (χ4n) is 3.06. The maximum absolute atomic E-state index is 12.1. The molecule has 1 aliphatic heterocycles. The first kappa shape index (κ1) is 16.5. The van der Waals surface area contributed by atoms with Gasteiger partial charge in [-0.1, -0.05) is 0 Å². The maximum atomic E-state index is 12.1. The molecule has 0 radical (unpaired) electrons. The van der Waals surface area contributed by atoms with Crippen LogP contribution in [-0.2, 0) is 4.74 Å². The van der Waals surface area contributed by atoms with Gasteiger partial charge in [0.1, 0.15) is 17.1 Å². The van der Waals surface area contributed by atoms with E-state index in [-0.39, 0.29) is 12.0 Å². The van der Waals surface area contributed by atoms with Crippen molar-refractivity contribution in [3.8, 4) is 0 Å². The van der Waals surface area contributed by atoms with Crippen LogP contribution < -0.4 is 5.32 Å². The van der Waals surface area contributed by atoms with Gasteiger partial charge in [-0.3, -0.25) is 4.90 Å². The van der Waals surface area contributed by atoms with Crippen LogP contribution in [0.25, 0.3) is 0 Å². The summed E-state index contributed by atoms with van der Waals surface area (Å²) in [5, 5.41) is 3.30. The number of hydrogen-bond donors (Lipinski definition) is 1. The number of anilines is 1. The van der Waals surface area contributed by atoms with Gasteiger partial charge in [0.15, 0.2) is 0 Å². The summed E-state index contributed by atoms with van der Waals surface area (Å²) in [6.07, 6.45) is 5.77. The van der Waals surface area contributed by atoms with E-state index < -0.39 is 0 Å². The van der Waals surface area contributed by atoms with Gasteiger partial charge >= 0.3 is 5.97 Å². The summed E-state index contributed by atoms with van der Waals surface area (Å²) in [5.74, 6) is 1.12. The second-order valence-electron chi connectivity index (χ2n) is 5.78. The predicted molar refractivity (Wildman–Crippen MR) is 90.9 cm³/mol. The van der Waals surface area contributed by atoms with E-state index in [1.54, 1.807) is 31.5 Å². The molecular formula is C18H23N3O3. The summed E-state index contributed by atoms with van der Waals surface area (Å²) in [7, 11) is 0. The van der Waals surface area contributed by atoms with Gasteiger partial charge in [0.25, 0.3) is 0 Å². The van der Waals surface area contributed by atoms with Gasteiger partial charge in [-0.25, -0.2) is 9.78 Å². The van der Waals surface area contributed by atoms with E-state index >= 15 is 0 Å². The van der Waals surface area contributed by atoms with E-state index in [1.807, 2.05) is 12.1 Å². The highest BCUT2D eigenvalue weighted by Gasteiger charge is 2.26. The van der Waals surface area contributed by atoms with Gasteiger partial charge in [-0.05, 0) is 57.1 Å². The third-order valence-corrected chi connectivity index (χ3v) is 4.22. The Bertz CT molecular complexity index is 651. The van der Waals surface area contributed by atoms with Gasteiger partial charge in [-0.2, -0.15) is 0 Å². The molecule has 1 N–H and O–H groups in total. The van der Waals surface area contributed by atoms with Crippen LogP contribution in [0.3, 0.4) is 0 Å². The van der Waals surface area contributed by atoms with Crippen LogP contribution in [-0.4, -0.2) is 42.1 Å². The van der Waals surface area contributed by atoms with Crippen molar-refractivity contribution in [3.63, 3.8) is 0 Å². The van der Waals surface area contributed by atoms with Crippen molar-refractivity contribution in [2.75, 3.05) is 31.6 Å². The molecule has 3 heterocycles. The van der Waals surface area contributed by atoms with Crippen LogP contribution in [0, 0.1) is 0 Å². The zero-order valence-electron chi connectivity index (χ0n) is 13.9. The smallest absolute Gasteiger partial charge is 0.341 e. The molecule has 2 aromatic heterocycles. The van der Waals surface area contributed by atoms with E-state index in [0.29, 0.717) is 24.5 Å². The lowest BCUT2D eigenvalue weighted by molar-refractivity contribution is 0.0527. The summed E-state index contributed by atoms with van der Waals surface area (Å²) in [6.45, 7) is 4.87. The Kier molecular flexibility index (Phi) is 5.48. The summed E-state index contributed by atoms with van der Waals surface area (Å²) in [4.78, 5) is 18.8. The Morgan fingerprint density at radius 2 is 2.21 bits per heavy atom. The van der Waals surface area contributed by atoms with Gasteiger partial charge in [0.2, 0.25) is 0 Å². The number of ether oxygens (including phenoxy) is 1. The normalized spacial score (nSPS) is 16.0. The van der Waals surface area contributed by atoms with Crippen molar-refractivity contribution in [2.45, 2.75) is 25.8 Å². The average molecular weight is 329 g/mol. The quantitative estimate of drug-likeness (QED) is 0.787. The zero-order valence-corrected chi connectivity index (χ0v) is 13.9.